The molecule has 1 saturated carbocycles. The van der Waals surface area contributed by atoms with Crippen molar-refractivity contribution in [3.63, 3.8) is 0 Å². The van der Waals surface area contributed by atoms with Gasteiger partial charge in [0.15, 0.2) is 11.6 Å². The second-order valence-corrected chi connectivity index (χ2v) is 12.1. The molecule has 204 valence electrons. The molecular weight excluding hydrogens is 540 g/mol. The summed E-state index contributed by atoms with van der Waals surface area (Å²) in [5, 5.41) is 6.23. The van der Waals surface area contributed by atoms with E-state index in [1.54, 1.807) is 27.2 Å². The lowest BCUT2D eigenvalue weighted by molar-refractivity contribution is 0.0231. The molecule has 0 unspecified atom stereocenters. The maximum atomic E-state index is 14.1. The Balaban J connectivity index is 1.40. The van der Waals surface area contributed by atoms with Crippen LogP contribution in [0.3, 0.4) is 0 Å². The van der Waals surface area contributed by atoms with Crippen molar-refractivity contribution in [2.45, 2.75) is 45.3 Å². The SMILES string of the molecule is CC(C)(C)OC(=O)N1CCN(n2c([C@@H](Nc3ncnc4scnc34)C3CC3)nc3cccc(Cl)c3c2=O)CC1. The third-order valence-corrected chi connectivity index (χ3v) is 7.89. The highest BCUT2D eigenvalue weighted by Crippen LogP contribution is 2.43. The summed E-state index contributed by atoms with van der Waals surface area (Å²) < 4.78 is 7.20. The van der Waals surface area contributed by atoms with Gasteiger partial charge in [-0.3, -0.25) is 4.79 Å². The molecular formula is C26H29ClN8O3S. The van der Waals surface area contributed by atoms with Gasteiger partial charge in [0, 0.05) is 13.1 Å². The highest BCUT2D eigenvalue weighted by molar-refractivity contribution is 7.16. The molecule has 3 aromatic heterocycles. The minimum absolute atomic E-state index is 0.236. The van der Waals surface area contributed by atoms with Gasteiger partial charge in [-0.05, 0) is 51.7 Å². The fourth-order valence-corrected chi connectivity index (χ4v) is 5.73. The van der Waals surface area contributed by atoms with E-state index in [1.807, 2.05) is 31.8 Å². The number of nitrogens with zero attached hydrogens (tertiary/aromatic N) is 7. The molecule has 1 atom stereocenters. The first-order chi connectivity index (χ1) is 18.7. The summed E-state index contributed by atoms with van der Waals surface area (Å²) in [6.07, 6.45) is 3.16. The van der Waals surface area contributed by atoms with E-state index in [-0.39, 0.29) is 23.6 Å². The lowest BCUT2D eigenvalue weighted by Gasteiger charge is -2.38. The molecule has 11 nitrogen and oxygen atoms in total. The van der Waals surface area contributed by atoms with Crippen LogP contribution in [0.1, 0.15) is 45.5 Å². The smallest absolute Gasteiger partial charge is 0.410 e. The third-order valence-electron chi connectivity index (χ3n) is 6.84. The largest absolute Gasteiger partial charge is 0.444 e. The van der Waals surface area contributed by atoms with Crippen molar-refractivity contribution in [3.05, 3.63) is 51.2 Å². The van der Waals surface area contributed by atoms with E-state index in [0.29, 0.717) is 59.3 Å². The lowest BCUT2D eigenvalue weighted by Crippen LogP contribution is -2.57. The first-order valence-corrected chi connectivity index (χ1v) is 14.2. The van der Waals surface area contributed by atoms with E-state index >= 15 is 0 Å². The van der Waals surface area contributed by atoms with Gasteiger partial charge in [-0.15, -0.1) is 11.3 Å². The Labute approximate surface area is 233 Å². The zero-order valence-electron chi connectivity index (χ0n) is 21.9. The predicted octanol–water partition coefficient (Wildman–Crippen LogP) is 4.20. The molecule has 0 radical (unpaired) electrons. The first-order valence-electron chi connectivity index (χ1n) is 12.9. The monoisotopic (exact) mass is 568 g/mol. The molecule has 0 spiro atoms. The fourth-order valence-electron chi connectivity index (χ4n) is 4.85. The molecule has 1 amide bonds. The Morgan fingerprint density at radius 3 is 2.64 bits per heavy atom. The van der Waals surface area contributed by atoms with Crippen molar-refractivity contribution in [1.82, 2.24) is 29.5 Å². The number of nitrogens with one attached hydrogen (secondary N) is 1. The number of fused-ring (bicyclic) bond motifs is 2. The van der Waals surface area contributed by atoms with Gasteiger partial charge in [0.2, 0.25) is 0 Å². The molecule has 39 heavy (non-hydrogen) atoms. The van der Waals surface area contributed by atoms with Crippen LogP contribution in [0.2, 0.25) is 5.02 Å². The van der Waals surface area contributed by atoms with Crippen molar-refractivity contribution >= 4 is 56.1 Å². The Hall–Kier alpha value is -3.51. The third kappa shape index (κ3) is 5.10. The summed E-state index contributed by atoms with van der Waals surface area (Å²) in [6, 6.07) is 5.02. The van der Waals surface area contributed by atoms with Crippen molar-refractivity contribution < 1.29 is 9.53 Å². The van der Waals surface area contributed by atoms with Crippen molar-refractivity contribution in [3.8, 4) is 0 Å². The van der Waals surface area contributed by atoms with Crippen LogP contribution in [-0.2, 0) is 4.74 Å². The lowest BCUT2D eigenvalue weighted by atomic mass is 10.1. The molecule has 4 aromatic rings. The number of ether oxygens (including phenoxy) is 1. The summed E-state index contributed by atoms with van der Waals surface area (Å²) in [4.78, 5) is 47.4. The van der Waals surface area contributed by atoms with E-state index in [0.717, 1.165) is 17.7 Å². The number of anilines is 1. The van der Waals surface area contributed by atoms with Crippen LogP contribution in [0.5, 0.6) is 0 Å². The zero-order valence-corrected chi connectivity index (χ0v) is 23.5. The summed E-state index contributed by atoms with van der Waals surface area (Å²) in [7, 11) is 0. The number of rotatable bonds is 5. The summed E-state index contributed by atoms with van der Waals surface area (Å²) in [5.41, 5.74) is 2.16. The number of hydrogen-bond acceptors (Lipinski definition) is 10. The molecule has 2 fully saturated rings. The highest BCUT2D eigenvalue weighted by atomic mass is 35.5. The standard InChI is InChI=1S/C26H29ClN8O3S/c1-26(2,3)38-25(37)33-9-11-34(12-10-33)35-22(31-17-6-4-5-16(27)18(17)24(35)36)19(15-7-8-15)32-21-20-23(29-13-28-21)39-14-30-20/h4-6,13-15,19H,7-12H2,1-3H3,(H,28,29,32)/t19-/m0/s1. The topological polar surface area (TPSA) is 118 Å². The van der Waals surface area contributed by atoms with Crippen LogP contribution in [-0.4, -0.2) is 67.4 Å². The number of thiazole rings is 1. The van der Waals surface area contributed by atoms with Crippen LogP contribution in [0, 0.1) is 5.92 Å². The van der Waals surface area contributed by atoms with E-state index in [2.05, 4.69) is 20.3 Å². The van der Waals surface area contributed by atoms with Gasteiger partial charge in [0.25, 0.3) is 5.56 Å². The number of benzene rings is 1. The minimum Gasteiger partial charge on any atom is -0.444 e. The van der Waals surface area contributed by atoms with Crippen LogP contribution >= 0.6 is 22.9 Å². The molecule has 1 aliphatic heterocycles. The average molecular weight is 569 g/mol. The van der Waals surface area contributed by atoms with Crippen molar-refractivity contribution in [2.75, 3.05) is 36.5 Å². The molecule has 1 aromatic carbocycles. The molecule has 0 bridgehead atoms. The molecule has 1 aliphatic carbocycles. The Morgan fingerprint density at radius 2 is 1.92 bits per heavy atom. The maximum Gasteiger partial charge on any atom is 0.410 e. The van der Waals surface area contributed by atoms with E-state index in [4.69, 9.17) is 21.3 Å². The van der Waals surface area contributed by atoms with Crippen LogP contribution in [0.15, 0.2) is 34.8 Å². The second kappa shape index (κ2) is 9.91. The summed E-state index contributed by atoms with van der Waals surface area (Å²) in [5.74, 6) is 1.47. The zero-order chi connectivity index (χ0) is 27.3. The molecule has 2 aliphatic rings. The number of hydrogen-bond donors (Lipinski definition) is 1. The van der Waals surface area contributed by atoms with Gasteiger partial charge in [-0.1, -0.05) is 17.7 Å². The number of piperazine rings is 1. The average Bonchev–Trinajstić information content (AvgIpc) is 3.61. The Morgan fingerprint density at radius 1 is 1.15 bits per heavy atom. The number of aromatic nitrogens is 5. The number of carbonyl (C=O) groups is 1. The predicted molar refractivity (Wildman–Crippen MR) is 151 cm³/mol. The van der Waals surface area contributed by atoms with Gasteiger partial charge in [0.05, 0.1) is 40.6 Å². The minimum atomic E-state index is -0.579. The van der Waals surface area contributed by atoms with Gasteiger partial charge in [-0.2, -0.15) is 0 Å². The quantitative estimate of drug-likeness (QED) is 0.378. The van der Waals surface area contributed by atoms with Gasteiger partial charge < -0.3 is 20.0 Å². The van der Waals surface area contributed by atoms with E-state index in [9.17, 15) is 9.59 Å². The van der Waals surface area contributed by atoms with Crippen LogP contribution < -0.4 is 15.9 Å². The Bertz CT molecular complexity index is 1600. The molecule has 1 N–H and O–H groups in total. The fraction of sp³-hybridized carbons (Fsp3) is 0.462. The van der Waals surface area contributed by atoms with Crippen molar-refractivity contribution in [2.24, 2.45) is 5.92 Å². The molecule has 1 saturated heterocycles. The van der Waals surface area contributed by atoms with E-state index in [1.165, 1.54) is 17.7 Å². The van der Waals surface area contributed by atoms with Gasteiger partial charge in [0.1, 0.15) is 22.3 Å². The molecule has 13 heteroatoms. The van der Waals surface area contributed by atoms with Crippen LogP contribution in [0.25, 0.3) is 21.3 Å². The van der Waals surface area contributed by atoms with Gasteiger partial charge in [-0.25, -0.2) is 29.4 Å². The summed E-state index contributed by atoms with van der Waals surface area (Å²) in [6.45, 7) is 7.23. The Kier molecular flexibility index (Phi) is 6.54. The number of carbonyl (C=O) groups excluding carboxylic acids is 1. The maximum absolute atomic E-state index is 14.1. The number of amides is 1. The second-order valence-electron chi connectivity index (χ2n) is 10.8. The molecule has 4 heterocycles. The summed E-state index contributed by atoms with van der Waals surface area (Å²) >= 11 is 7.96. The highest BCUT2D eigenvalue weighted by Gasteiger charge is 2.38. The normalized spacial score (nSPS) is 17.0. The van der Waals surface area contributed by atoms with Gasteiger partial charge >= 0.3 is 6.09 Å². The first kappa shape index (κ1) is 25.8. The van der Waals surface area contributed by atoms with E-state index < -0.39 is 5.60 Å². The van der Waals surface area contributed by atoms with Crippen molar-refractivity contribution in [1.29, 1.82) is 0 Å². The van der Waals surface area contributed by atoms with Crippen LogP contribution in [0.4, 0.5) is 10.6 Å². The molecule has 6 rings (SSSR count). The number of halogens is 1.